The van der Waals surface area contributed by atoms with Crippen molar-refractivity contribution in [2.24, 2.45) is 0 Å². The van der Waals surface area contributed by atoms with Crippen LogP contribution in [-0.4, -0.2) is 25.4 Å². The molecular formula is C20H25O4P. The van der Waals surface area contributed by atoms with E-state index in [0.717, 1.165) is 48.5 Å². The number of aromatic hydroxyl groups is 1. The van der Waals surface area contributed by atoms with Crippen LogP contribution in [0.4, 0.5) is 0 Å². The maximum absolute atomic E-state index is 10.5. The van der Waals surface area contributed by atoms with Crippen LogP contribution in [0.15, 0.2) is 42.5 Å². The van der Waals surface area contributed by atoms with Crippen molar-refractivity contribution < 1.29 is 19.3 Å². The standard InChI is InChI=1S/C20H25O4P/c1-22-14-6-5-7-16(12-14)24-19-8-3-4-11-20(19,25)17-13-15(23-2)9-10-18(17)21/h5-7,9-10,12-13,19,21H,3-4,8,11,25H2,1-2H3. The van der Waals surface area contributed by atoms with Gasteiger partial charge >= 0.3 is 0 Å². The van der Waals surface area contributed by atoms with Crippen LogP contribution in [0.5, 0.6) is 23.0 Å². The number of hydrogen-bond donors (Lipinski definition) is 1. The number of phenolic OH excluding ortho intramolecular Hbond substituents is 1. The van der Waals surface area contributed by atoms with E-state index in [-0.39, 0.29) is 17.0 Å². The van der Waals surface area contributed by atoms with Crippen LogP contribution in [0.1, 0.15) is 31.2 Å². The minimum atomic E-state index is -0.361. The van der Waals surface area contributed by atoms with E-state index in [1.165, 1.54) is 0 Å². The number of ether oxygens (including phenoxy) is 3. The first kappa shape index (κ1) is 17.9. The molecule has 3 unspecified atom stereocenters. The predicted molar refractivity (Wildman–Crippen MR) is 102 cm³/mol. The molecule has 4 nitrogen and oxygen atoms in total. The molecule has 3 atom stereocenters. The number of rotatable bonds is 5. The normalized spacial score (nSPS) is 23.1. The van der Waals surface area contributed by atoms with Gasteiger partial charge in [0, 0.05) is 11.6 Å². The van der Waals surface area contributed by atoms with E-state index in [1.54, 1.807) is 26.4 Å². The second-order valence-electron chi connectivity index (χ2n) is 6.45. The van der Waals surface area contributed by atoms with Crippen molar-refractivity contribution in [2.75, 3.05) is 14.2 Å². The van der Waals surface area contributed by atoms with Gasteiger partial charge in [-0.15, -0.1) is 9.24 Å². The summed E-state index contributed by atoms with van der Waals surface area (Å²) in [5, 5.41) is 10.1. The fourth-order valence-electron chi connectivity index (χ4n) is 3.49. The highest BCUT2D eigenvalue weighted by atomic mass is 31.0. The second-order valence-corrected chi connectivity index (χ2v) is 7.48. The van der Waals surface area contributed by atoms with Gasteiger partial charge in [0.25, 0.3) is 0 Å². The van der Waals surface area contributed by atoms with Crippen molar-refractivity contribution in [1.29, 1.82) is 0 Å². The first-order chi connectivity index (χ1) is 12.1. The highest BCUT2D eigenvalue weighted by Gasteiger charge is 2.42. The molecule has 0 amide bonds. The zero-order valence-corrected chi connectivity index (χ0v) is 15.9. The van der Waals surface area contributed by atoms with Crippen LogP contribution < -0.4 is 14.2 Å². The number of phenols is 1. The Hall–Kier alpha value is -1.93. The lowest BCUT2D eigenvalue weighted by atomic mass is 9.80. The van der Waals surface area contributed by atoms with E-state index < -0.39 is 0 Å². The summed E-state index contributed by atoms with van der Waals surface area (Å²) in [6.07, 6.45) is 3.99. The van der Waals surface area contributed by atoms with Crippen LogP contribution in [-0.2, 0) is 5.16 Å². The molecule has 1 aliphatic carbocycles. The smallest absolute Gasteiger partial charge is 0.123 e. The molecule has 134 valence electrons. The monoisotopic (exact) mass is 360 g/mol. The average Bonchev–Trinajstić information content (AvgIpc) is 2.64. The van der Waals surface area contributed by atoms with Crippen LogP contribution in [0.25, 0.3) is 0 Å². The molecular weight excluding hydrogens is 335 g/mol. The van der Waals surface area contributed by atoms with E-state index >= 15 is 0 Å². The highest BCUT2D eigenvalue weighted by molar-refractivity contribution is 7.18. The van der Waals surface area contributed by atoms with Crippen molar-refractivity contribution >= 4 is 9.24 Å². The summed E-state index contributed by atoms with van der Waals surface area (Å²) >= 11 is 0. The predicted octanol–water partition coefficient (Wildman–Crippen LogP) is 4.50. The Kier molecular flexibility index (Phi) is 5.39. The zero-order chi connectivity index (χ0) is 17.9. The fourth-order valence-corrected chi connectivity index (χ4v) is 4.16. The molecule has 1 fully saturated rings. The first-order valence-electron chi connectivity index (χ1n) is 8.54. The second kappa shape index (κ2) is 7.53. The first-order valence-corrected chi connectivity index (χ1v) is 9.11. The Labute approximate surface area is 151 Å². The Morgan fingerprint density at radius 3 is 2.48 bits per heavy atom. The lowest BCUT2D eigenvalue weighted by Crippen LogP contribution is -2.41. The largest absolute Gasteiger partial charge is 0.508 e. The van der Waals surface area contributed by atoms with Crippen molar-refractivity contribution in [2.45, 2.75) is 36.9 Å². The van der Waals surface area contributed by atoms with Crippen molar-refractivity contribution in [3.8, 4) is 23.0 Å². The molecule has 1 aliphatic rings. The van der Waals surface area contributed by atoms with Gasteiger partial charge in [0.2, 0.25) is 0 Å². The van der Waals surface area contributed by atoms with E-state index in [0.29, 0.717) is 0 Å². The summed E-state index contributed by atoms with van der Waals surface area (Å²) < 4.78 is 17.0. The van der Waals surface area contributed by atoms with E-state index in [4.69, 9.17) is 14.2 Å². The van der Waals surface area contributed by atoms with Crippen molar-refractivity contribution in [3.63, 3.8) is 0 Å². The van der Waals surface area contributed by atoms with Gasteiger partial charge in [-0.3, -0.25) is 0 Å². The summed E-state index contributed by atoms with van der Waals surface area (Å²) in [4.78, 5) is 0. The van der Waals surface area contributed by atoms with Crippen LogP contribution >= 0.6 is 9.24 Å². The van der Waals surface area contributed by atoms with Gasteiger partial charge in [-0.2, -0.15) is 0 Å². The minimum Gasteiger partial charge on any atom is -0.508 e. The Morgan fingerprint density at radius 2 is 1.72 bits per heavy atom. The van der Waals surface area contributed by atoms with Gasteiger partial charge in [0.05, 0.1) is 19.4 Å². The summed E-state index contributed by atoms with van der Waals surface area (Å²) in [5.41, 5.74) is 0.851. The molecule has 5 heteroatoms. The molecule has 0 spiro atoms. The van der Waals surface area contributed by atoms with Crippen LogP contribution in [0.2, 0.25) is 0 Å². The third kappa shape index (κ3) is 3.69. The van der Waals surface area contributed by atoms with E-state index in [2.05, 4.69) is 9.24 Å². The maximum Gasteiger partial charge on any atom is 0.123 e. The minimum absolute atomic E-state index is 0.0589. The summed E-state index contributed by atoms with van der Waals surface area (Å²) in [6.45, 7) is 0. The van der Waals surface area contributed by atoms with Crippen molar-refractivity contribution in [1.82, 2.24) is 0 Å². The van der Waals surface area contributed by atoms with E-state index in [1.807, 2.05) is 30.3 Å². The van der Waals surface area contributed by atoms with Gasteiger partial charge in [0.15, 0.2) is 0 Å². The molecule has 0 heterocycles. The molecule has 0 aromatic heterocycles. The highest BCUT2D eigenvalue weighted by Crippen LogP contribution is 2.50. The maximum atomic E-state index is 10.5. The lowest BCUT2D eigenvalue weighted by molar-refractivity contribution is 0.110. The Morgan fingerprint density at radius 1 is 1.00 bits per heavy atom. The molecule has 25 heavy (non-hydrogen) atoms. The lowest BCUT2D eigenvalue weighted by Gasteiger charge is -2.41. The molecule has 0 saturated heterocycles. The SMILES string of the molecule is COc1cccc(OC2CCCCC2(P)c2cc(OC)ccc2O)c1. The summed E-state index contributed by atoms with van der Waals surface area (Å²) in [6, 6.07) is 13.0. The number of benzene rings is 2. The van der Waals surface area contributed by atoms with Crippen LogP contribution in [0.3, 0.4) is 0 Å². The molecule has 0 bridgehead atoms. The van der Waals surface area contributed by atoms with E-state index in [9.17, 15) is 5.11 Å². The molecule has 0 radical (unpaired) electrons. The molecule has 1 saturated carbocycles. The molecule has 3 rings (SSSR count). The van der Waals surface area contributed by atoms with Gasteiger partial charge < -0.3 is 19.3 Å². The van der Waals surface area contributed by atoms with Gasteiger partial charge in [0.1, 0.15) is 29.1 Å². The third-order valence-corrected chi connectivity index (χ3v) is 5.88. The van der Waals surface area contributed by atoms with Gasteiger partial charge in [-0.25, -0.2) is 0 Å². The third-order valence-electron chi connectivity index (χ3n) is 4.91. The summed E-state index contributed by atoms with van der Waals surface area (Å²) in [7, 11) is 6.23. The fraction of sp³-hybridized carbons (Fsp3) is 0.400. The molecule has 2 aromatic rings. The van der Waals surface area contributed by atoms with Gasteiger partial charge in [-0.1, -0.05) is 12.5 Å². The quantitative estimate of drug-likeness (QED) is 0.798. The molecule has 2 aromatic carbocycles. The summed E-state index contributed by atoms with van der Waals surface area (Å²) in [5.74, 6) is 2.56. The molecule has 1 N–H and O–H groups in total. The van der Waals surface area contributed by atoms with Gasteiger partial charge in [-0.05, 0) is 49.6 Å². The Bertz CT molecular complexity index is 733. The number of hydrogen-bond acceptors (Lipinski definition) is 4. The average molecular weight is 360 g/mol. The van der Waals surface area contributed by atoms with Crippen LogP contribution in [0, 0.1) is 0 Å². The zero-order valence-electron chi connectivity index (χ0n) is 14.7. The molecule has 0 aliphatic heterocycles. The number of methoxy groups -OCH3 is 2. The van der Waals surface area contributed by atoms with Crippen molar-refractivity contribution in [3.05, 3.63) is 48.0 Å². The Balaban J connectivity index is 1.94. The topological polar surface area (TPSA) is 47.9 Å².